The minimum absolute atomic E-state index is 0.0100. The number of hydrogen-bond acceptors (Lipinski definition) is 7. The number of aromatic nitrogens is 2. The molecule has 2 aromatic rings. The predicted molar refractivity (Wildman–Crippen MR) is 75.8 cm³/mol. The van der Waals surface area contributed by atoms with Crippen molar-refractivity contribution in [3.63, 3.8) is 0 Å². The zero-order valence-corrected chi connectivity index (χ0v) is 11.8. The molecule has 0 fully saturated rings. The third-order valence-corrected chi connectivity index (χ3v) is 3.18. The molecule has 0 saturated heterocycles. The maximum Gasteiger partial charge on any atom is 0.319 e. The van der Waals surface area contributed by atoms with Crippen molar-refractivity contribution in [1.29, 1.82) is 0 Å². The van der Waals surface area contributed by atoms with Crippen molar-refractivity contribution in [3.8, 4) is 11.5 Å². The first-order valence-corrected chi connectivity index (χ1v) is 6.41. The number of carbonyl (C=O) groups excluding carboxylic acids is 2. The van der Waals surface area contributed by atoms with Crippen LogP contribution in [0.4, 0.5) is 11.4 Å². The summed E-state index contributed by atoms with van der Waals surface area (Å²) < 4.78 is 10.4. The molecule has 0 aliphatic carbocycles. The van der Waals surface area contributed by atoms with Crippen LogP contribution in [0.1, 0.15) is 27.8 Å². The minimum Gasteiger partial charge on any atom is -0.454 e. The number of Topliss-reactive ketones (excluding diaryl/α,β-unsaturated/α-hetero) is 1. The number of hydrogen-bond donors (Lipinski definition) is 2. The second kappa shape index (κ2) is 5.40. The summed E-state index contributed by atoms with van der Waals surface area (Å²) >= 11 is 0. The average molecular weight is 318 g/mol. The average Bonchev–Trinajstić information content (AvgIpc) is 3.14. The van der Waals surface area contributed by atoms with Crippen molar-refractivity contribution in [2.24, 2.45) is 0 Å². The number of aromatic amines is 1. The molecule has 0 unspecified atom stereocenters. The van der Waals surface area contributed by atoms with Gasteiger partial charge in [0, 0.05) is 11.6 Å². The van der Waals surface area contributed by atoms with E-state index < -0.39 is 16.5 Å². The molecule has 0 radical (unpaired) electrons. The van der Waals surface area contributed by atoms with E-state index in [1.54, 1.807) is 0 Å². The summed E-state index contributed by atoms with van der Waals surface area (Å²) in [5.74, 6) is -0.349. The van der Waals surface area contributed by atoms with Gasteiger partial charge >= 0.3 is 5.69 Å². The predicted octanol–water partition coefficient (Wildman–Crippen LogP) is 1.50. The fourth-order valence-electron chi connectivity index (χ4n) is 2.11. The Bertz CT molecular complexity index is 828. The number of H-pyrrole nitrogens is 1. The molecular formula is C13H10N4O6. The Balaban J connectivity index is 1.96. The van der Waals surface area contributed by atoms with Gasteiger partial charge in [0.1, 0.15) is 6.20 Å². The third kappa shape index (κ3) is 2.57. The third-order valence-electron chi connectivity index (χ3n) is 3.18. The fraction of sp³-hybridized carbons (Fsp3) is 0.154. The maximum atomic E-state index is 12.2. The van der Waals surface area contributed by atoms with Crippen LogP contribution >= 0.6 is 0 Å². The van der Waals surface area contributed by atoms with E-state index in [2.05, 4.69) is 15.5 Å². The van der Waals surface area contributed by atoms with Crippen LogP contribution in [0.5, 0.6) is 11.5 Å². The van der Waals surface area contributed by atoms with Gasteiger partial charge in [-0.25, -0.2) is 0 Å². The highest BCUT2D eigenvalue weighted by atomic mass is 16.7. The largest absolute Gasteiger partial charge is 0.454 e. The van der Waals surface area contributed by atoms with E-state index in [1.165, 1.54) is 19.1 Å². The summed E-state index contributed by atoms with van der Waals surface area (Å²) in [6.45, 7) is 1.34. The number of rotatable bonds is 4. The van der Waals surface area contributed by atoms with Gasteiger partial charge in [0.05, 0.1) is 10.6 Å². The SMILES string of the molecule is CC(=O)c1cc2c(cc1NC(=O)c1[nH]ncc1[N+](=O)[O-])OCO2. The van der Waals surface area contributed by atoms with Gasteiger partial charge in [0.2, 0.25) is 12.5 Å². The molecule has 118 valence electrons. The van der Waals surface area contributed by atoms with Gasteiger partial charge in [-0.2, -0.15) is 5.10 Å². The maximum absolute atomic E-state index is 12.2. The molecule has 2 heterocycles. The lowest BCUT2D eigenvalue weighted by Gasteiger charge is -2.09. The Labute approximate surface area is 128 Å². The smallest absolute Gasteiger partial charge is 0.319 e. The lowest BCUT2D eigenvalue weighted by molar-refractivity contribution is -0.385. The molecule has 0 bridgehead atoms. The fourth-order valence-corrected chi connectivity index (χ4v) is 2.11. The zero-order chi connectivity index (χ0) is 16.6. The van der Waals surface area contributed by atoms with Crippen LogP contribution in [0.25, 0.3) is 0 Å². The number of nitro groups is 1. The van der Waals surface area contributed by atoms with Crippen LogP contribution < -0.4 is 14.8 Å². The molecule has 0 saturated carbocycles. The quantitative estimate of drug-likeness (QED) is 0.495. The molecule has 23 heavy (non-hydrogen) atoms. The Morgan fingerprint density at radius 3 is 2.70 bits per heavy atom. The van der Waals surface area contributed by atoms with Gasteiger partial charge in [-0.3, -0.25) is 24.8 Å². The molecule has 1 aliphatic heterocycles. The van der Waals surface area contributed by atoms with Crippen molar-refractivity contribution in [2.45, 2.75) is 6.92 Å². The summed E-state index contributed by atoms with van der Waals surface area (Å²) in [4.78, 5) is 34.0. The highest BCUT2D eigenvalue weighted by Gasteiger charge is 2.25. The Hall–Kier alpha value is -3.43. The van der Waals surface area contributed by atoms with Gasteiger partial charge in [-0.15, -0.1) is 0 Å². The van der Waals surface area contributed by atoms with Crippen molar-refractivity contribution in [2.75, 3.05) is 12.1 Å². The van der Waals surface area contributed by atoms with Crippen molar-refractivity contribution < 1.29 is 24.0 Å². The highest BCUT2D eigenvalue weighted by molar-refractivity contribution is 6.10. The number of nitrogens with zero attached hydrogens (tertiary/aromatic N) is 2. The van der Waals surface area contributed by atoms with Crippen molar-refractivity contribution in [1.82, 2.24) is 10.2 Å². The number of ketones is 1. The molecule has 1 amide bonds. The first kappa shape index (κ1) is 14.5. The number of carbonyl (C=O) groups is 2. The zero-order valence-electron chi connectivity index (χ0n) is 11.8. The first-order valence-electron chi connectivity index (χ1n) is 6.41. The Morgan fingerprint density at radius 1 is 1.35 bits per heavy atom. The van der Waals surface area contributed by atoms with E-state index in [0.717, 1.165) is 6.20 Å². The van der Waals surface area contributed by atoms with E-state index in [4.69, 9.17) is 9.47 Å². The molecule has 1 aromatic heterocycles. The van der Waals surface area contributed by atoms with Crippen molar-refractivity contribution in [3.05, 3.63) is 39.7 Å². The van der Waals surface area contributed by atoms with Gasteiger partial charge in [0.15, 0.2) is 17.3 Å². The number of amides is 1. The first-order chi connectivity index (χ1) is 11.0. The van der Waals surface area contributed by atoms with E-state index in [-0.39, 0.29) is 29.5 Å². The summed E-state index contributed by atoms with van der Waals surface area (Å²) in [6, 6.07) is 2.88. The van der Waals surface area contributed by atoms with Gasteiger partial charge in [0.25, 0.3) is 5.91 Å². The Morgan fingerprint density at radius 2 is 2.04 bits per heavy atom. The molecular weight excluding hydrogens is 308 g/mol. The van der Waals surface area contributed by atoms with E-state index in [0.29, 0.717) is 11.5 Å². The van der Waals surface area contributed by atoms with Crippen LogP contribution in [-0.2, 0) is 0 Å². The van der Waals surface area contributed by atoms with Gasteiger partial charge in [-0.1, -0.05) is 0 Å². The van der Waals surface area contributed by atoms with Gasteiger partial charge < -0.3 is 14.8 Å². The number of benzene rings is 1. The number of nitrogens with one attached hydrogen (secondary N) is 2. The van der Waals surface area contributed by atoms with Crippen LogP contribution in [0.2, 0.25) is 0 Å². The van der Waals surface area contributed by atoms with Crippen LogP contribution in [-0.4, -0.2) is 33.6 Å². The van der Waals surface area contributed by atoms with E-state index in [9.17, 15) is 19.7 Å². The summed E-state index contributed by atoms with van der Waals surface area (Å²) in [5, 5.41) is 19.0. The highest BCUT2D eigenvalue weighted by Crippen LogP contribution is 2.37. The second-order valence-corrected chi connectivity index (χ2v) is 4.65. The molecule has 1 aliphatic rings. The van der Waals surface area contributed by atoms with Crippen LogP contribution in [0, 0.1) is 10.1 Å². The van der Waals surface area contributed by atoms with E-state index >= 15 is 0 Å². The van der Waals surface area contributed by atoms with Gasteiger partial charge in [-0.05, 0) is 13.0 Å². The molecule has 2 N–H and O–H groups in total. The van der Waals surface area contributed by atoms with Crippen LogP contribution in [0.15, 0.2) is 18.3 Å². The minimum atomic E-state index is -0.796. The number of ether oxygens (including phenoxy) is 2. The normalized spacial score (nSPS) is 12.0. The summed E-state index contributed by atoms with van der Waals surface area (Å²) in [5.41, 5.74) is -0.421. The number of anilines is 1. The molecule has 10 nitrogen and oxygen atoms in total. The number of fused-ring (bicyclic) bond motifs is 1. The van der Waals surface area contributed by atoms with Crippen molar-refractivity contribution >= 4 is 23.1 Å². The summed E-state index contributed by atoms with van der Waals surface area (Å²) in [7, 11) is 0. The summed E-state index contributed by atoms with van der Waals surface area (Å²) in [6.07, 6.45) is 0.931. The Kier molecular flexibility index (Phi) is 3.41. The monoisotopic (exact) mass is 318 g/mol. The lowest BCUT2D eigenvalue weighted by Crippen LogP contribution is -2.16. The van der Waals surface area contributed by atoms with Crippen LogP contribution in [0.3, 0.4) is 0 Å². The lowest BCUT2D eigenvalue weighted by atomic mass is 10.1. The molecule has 0 atom stereocenters. The molecule has 3 rings (SSSR count). The molecule has 0 spiro atoms. The molecule has 10 heteroatoms. The molecule has 1 aromatic carbocycles. The second-order valence-electron chi connectivity index (χ2n) is 4.65. The van der Waals surface area contributed by atoms with E-state index in [1.807, 2.05) is 0 Å². The standard InChI is InChI=1S/C13H10N4O6/c1-6(18)7-2-10-11(23-5-22-10)3-8(7)15-13(19)12-9(17(20)21)4-14-16-12/h2-4H,5H2,1H3,(H,14,16)(H,15,19). The topological polar surface area (TPSA) is 136 Å².